The van der Waals surface area contributed by atoms with Crippen LogP contribution in [0.25, 0.3) is 10.9 Å². The Morgan fingerprint density at radius 1 is 1.03 bits per heavy atom. The summed E-state index contributed by atoms with van der Waals surface area (Å²) in [7, 11) is 1.57. The zero-order valence-electron chi connectivity index (χ0n) is 17.2. The topological polar surface area (TPSA) is 69.2 Å². The van der Waals surface area contributed by atoms with E-state index in [1.165, 1.54) is 18.0 Å². The normalized spacial score (nSPS) is 10.5. The lowest BCUT2D eigenvalue weighted by atomic mass is 10.1. The number of methoxy groups -OCH3 is 1. The highest BCUT2D eigenvalue weighted by Crippen LogP contribution is 2.35. The molecule has 2 aromatic carbocycles. The van der Waals surface area contributed by atoms with E-state index in [1.54, 1.807) is 43.8 Å². The van der Waals surface area contributed by atoms with Crippen LogP contribution in [0.1, 0.15) is 12.0 Å². The van der Waals surface area contributed by atoms with Gasteiger partial charge in [-0.05, 0) is 54.8 Å². The zero-order chi connectivity index (χ0) is 21.6. The fourth-order valence-electron chi connectivity index (χ4n) is 3.16. The Hall–Kier alpha value is -3.16. The number of ether oxygens (including phenoxy) is 2. The highest BCUT2D eigenvalue weighted by atomic mass is 35.5. The first-order valence-corrected chi connectivity index (χ1v) is 10.1. The van der Waals surface area contributed by atoms with Crippen LogP contribution in [-0.2, 0) is 6.42 Å². The number of aromatic nitrogens is 3. The third-order valence-corrected chi connectivity index (χ3v) is 4.96. The lowest BCUT2D eigenvalue weighted by Gasteiger charge is -2.14. The monoisotopic (exact) mass is 474 g/mol. The molecule has 0 radical (unpaired) electrons. The number of pyridine rings is 1. The summed E-state index contributed by atoms with van der Waals surface area (Å²) in [6.45, 7) is 0.524. The van der Waals surface area contributed by atoms with Gasteiger partial charge in [0.05, 0.1) is 24.9 Å². The van der Waals surface area contributed by atoms with Crippen LogP contribution in [0.15, 0.2) is 61.2 Å². The highest BCUT2D eigenvalue weighted by molar-refractivity contribution is 6.30. The zero-order valence-corrected chi connectivity index (χ0v) is 18.8. The van der Waals surface area contributed by atoms with E-state index in [1.807, 2.05) is 12.1 Å². The van der Waals surface area contributed by atoms with Crippen molar-refractivity contribution in [1.82, 2.24) is 15.0 Å². The van der Waals surface area contributed by atoms with Crippen LogP contribution in [0.5, 0.6) is 11.5 Å². The van der Waals surface area contributed by atoms with Gasteiger partial charge in [0, 0.05) is 28.9 Å². The molecule has 0 saturated heterocycles. The molecule has 4 rings (SSSR count). The maximum atomic E-state index is 14.2. The SMILES string of the molecule is COc1cc2c(Nc3ccc(Cl)cc3F)ncnc2cc1OCCCc1ccncc1.Cl. The molecule has 0 spiro atoms. The fourth-order valence-corrected chi connectivity index (χ4v) is 3.32. The van der Waals surface area contributed by atoms with Gasteiger partial charge in [0.2, 0.25) is 0 Å². The number of benzene rings is 2. The predicted molar refractivity (Wildman–Crippen MR) is 126 cm³/mol. The molecule has 1 N–H and O–H groups in total. The molecule has 2 heterocycles. The summed E-state index contributed by atoms with van der Waals surface area (Å²) in [5, 5.41) is 4.00. The average Bonchev–Trinajstić information content (AvgIpc) is 2.79. The van der Waals surface area contributed by atoms with Gasteiger partial charge in [-0.2, -0.15) is 0 Å². The first-order chi connectivity index (χ1) is 15.1. The van der Waals surface area contributed by atoms with Gasteiger partial charge in [0.1, 0.15) is 18.0 Å². The molecule has 2 aromatic heterocycles. The van der Waals surface area contributed by atoms with Gasteiger partial charge >= 0.3 is 0 Å². The van der Waals surface area contributed by atoms with Gasteiger partial charge in [-0.25, -0.2) is 14.4 Å². The highest BCUT2D eigenvalue weighted by Gasteiger charge is 2.13. The number of halogens is 3. The molecule has 0 atom stereocenters. The van der Waals surface area contributed by atoms with E-state index in [4.69, 9.17) is 21.1 Å². The van der Waals surface area contributed by atoms with Gasteiger partial charge in [0.15, 0.2) is 11.5 Å². The third kappa shape index (κ3) is 5.55. The van der Waals surface area contributed by atoms with Crippen molar-refractivity contribution in [2.45, 2.75) is 12.8 Å². The molecule has 0 saturated carbocycles. The van der Waals surface area contributed by atoms with E-state index in [-0.39, 0.29) is 18.1 Å². The maximum Gasteiger partial charge on any atom is 0.163 e. The van der Waals surface area contributed by atoms with E-state index in [0.29, 0.717) is 39.8 Å². The lowest BCUT2D eigenvalue weighted by Crippen LogP contribution is -2.03. The largest absolute Gasteiger partial charge is 0.493 e. The smallest absolute Gasteiger partial charge is 0.163 e. The molecule has 0 aliphatic carbocycles. The van der Waals surface area contributed by atoms with Crippen LogP contribution >= 0.6 is 24.0 Å². The number of fused-ring (bicyclic) bond motifs is 1. The number of nitrogens with zero attached hydrogens (tertiary/aromatic N) is 3. The molecule has 0 amide bonds. The maximum absolute atomic E-state index is 14.2. The van der Waals surface area contributed by atoms with Crippen molar-refractivity contribution in [3.8, 4) is 11.5 Å². The summed E-state index contributed by atoms with van der Waals surface area (Å²) >= 11 is 5.83. The Kier molecular flexibility index (Phi) is 8.03. The molecule has 32 heavy (non-hydrogen) atoms. The summed E-state index contributed by atoms with van der Waals surface area (Å²) in [6.07, 6.45) is 6.71. The first-order valence-electron chi connectivity index (χ1n) is 9.70. The van der Waals surface area contributed by atoms with E-state index < -0.39 is 5.82 Å². The van der Waals surface area contributed by atoms with Crippen molar-refractivity contribution >= 4 is 46.4 Å². The van der Waals surface area contributed by atoms with E-state index in [0.717, 1.165) is 12.8 Å². The standard InChI is InChI=1S/C23H20ClFN4O2.ClH/c1-30-21-12-17-20(13-22(21)31-10-2-3-15-6-8-26-9-7-15)27-14-28-23(17)29-19-5-4-16(24)11-18(19)25;/h4-9,11-14H,2-3,10H2,1H3,(H,27,28,29);1H. The van der Waals surface area contributed by atoms with Crippen LogP contribution in [-0.4, -0.2) is 28.7 Å². The minimum absolute atomic E-state index is 0. The quantitative estimate of drug-likeness (QED) is 0.315. The Labute approximate surface area is 196 Å². The van der Waals surface area contributed by atoms with Crippen LogP contribution in [0.3, 0.4) is 0 Å². The lowest BCUT2D eigenvalue weighted by molar-refractivity contribution is 0.290. The van der Waals surface area contributed by atoms with E-state index in [9.17, 15) is 4.39 Å². The molecule has 0 bridgehead atoms. The van der Waals surface area contributed by atoms with Gasteiger partial charge in [-0.3, -0.25) is 4.98 Å². The Balaban J connectivity index is 0.00000289. The molecule has 4 aromatic rings. The minimum atomic E-state index is -0.472. The Morgan fingerprint density at radius 3 is 2.59 bits per heavy atom. The molecule has 0 fully saturated rings. The number of hydrogen-bond donors (Lipinski definition) is 1. The average molecular weight is 475 g/mol. The minimum Gasteiger partial charge on any atom is -0.493 e. The molecule has 0 aliphatic rings. The number of rotatable bonds is 8. The van der Waals surface area contributed by atoms with Crippen molar-refractivity contribution in [1.29, 1.82) is 0 Å². The van der Waals surface area contributed by atoms with Crippen LogP contribution in [0, 0.1) is 5.82 Å². The van der Waals surface area contributed by atoms with Crippen molar-refractivity contribution in [3.05, 3.63) is 77.6 Å². The molecular formula is C23H21Cl2FN4O2. The van der Waals surface area contributed by atoms with Gasteiger partial charge in [0.25, 0.3) is 0 Å². The van der Waals surface area contributed by atoms with E-state index in [2.05, 4.69) is 20.3 Å². The van der Waals surface area contributed by atoms with Gasteiger partial charge in [-0.1, -0.05) is 11.6 Å². The summed E-state index contributed by atoms with van der Waals surface area (Å²) in [6, 6.07) is 12.0. The summed E-state index contributed by atoms with van der Waals surface area (Å²) in [4.78, 5) is 12.6. The van der Waals surface area contributed by atoms with Crippen LogP contribution in [0.4, 0.5) is 15.9 Å². The molecular weight excluding hydrogens is 454 g/mol. The van der Waals surface area contributed by atoms with Gasteiger partial charge < -0.3 is 14.8 Å². The fraction of sp³-hybridized carbons (Fsp3) is 0.174. The molecule has 6 nitrogen and oxygen atoms in total. The summed E-state index contributed by atoms with van der Waals surface area (Å²) in [5.74, 6) is 1.12. The molecule has 0 aliphatic heterocycles. The second kappa shape index (κ2) is 10.9. The van der Waals surface area contributed by atoms with Crippen molar-refractivity contribution in [3.63, 3.8) is 0 Å². The van der Waals surface area contributed by atoms with Crippen LogP contribution in [0.2, 0.25) is 5.02 Å². The number of aryl methyl sites for hydroxylation is 1. The van der Waals surface area contributed by atoms with E-state index >= 15 is 0 Å². The number of anilines is 2. The predicted octanol–water partition coefficient (Wildman–Crippen LogP) is 6.00. The molecule has 166 valence electrons. The number of nitrogens with one attached hydrogen (secondary N) is 1. The molecule has 9 heteroatoms. The second-order valence-electron chi connectivity index (χ2n) is 6.80. The summed E-state index contributed by atoms with van der Waals surface area (Å²) in [5.41, 5.74) is 2.12. The molecule has 0 unspecified atom stereocenters. The number of hydrogen-bond acceptors (Lipinski definition) is 6. The first kappa shape index (κ1) is 23.5. The summed E-state index contributed by atoms with van der Waals surface area (Å²) < 4.78 is 25.7. The Bertz CT molecular complexity index is 1200. The third-order valence-electron chi connectivity index (χ3n) is 4.72. The van der Waals surface area contributed by atoms with Crippen molar-refractivity contribution in [2.75, 3.05) is 19.0 Å². The van der Waals surface area contributed by atoms with Crippen LogP contribution < -0.4 is 14.8 Å². The van der Waals surface area contributed by atoms with Crippen molar-refractivity contribution < 1.29 is 13.9 Å². The van der Waals surface area contributed by atoms with Crippen molar-refractivity contribution in [2.24, 2.45) is 0 Å². The Morgan fingerprint density at radius 2 is 1.84 bits per heavy atom. The second-order valence-corrected chi connectivity index (χ2v) is 7.24. The van der Waals surface area contributed by atoms with Gasteiger partial charge in [-0.15, -0.1) is 12.4 Å².